The number of carbonyl (C=O) groups excluding carboxylic acids is 2. The molecule has 0 spiro atoms. The van der Waals surface area contributed by atoms with Gasteiger partial charge in [0.05, 0.1) is 7.11 Å². The molecule has 2 rings (SSSR count). The number of ether oxygens (including phenoxy) is 1. The minimum absolute atomic E-state index is 0.0275. The third kappa shape index (κ3) is 3.87. The summed E-state index contributed by atoms with van der Waals surface area (Å²) in [6, 6.07) is 5.19. The lowest BCUT2D eigenvalue weighted by Gasteiger charge is -2.32. The predicted octanol–water partition coefficient (Wildman–Crippen LogP) is 1.02. The smallest absolute Gasteiger partial charge is 0.254 e. The van der Waals surface area contributed by atoms with Crippen LogP contribution in [0.25, 0.3) is 0 Å². The van der Waals surface area contributed by atoms with Crippen LogP contribution in [0.1, 0.15) is 30.1 Å². The first-order valence-electron chi connectivity index (χ1n) is 7.00. The molecule has 114 valence electrons. The zero-order valence-corrected chi connectivity index (χ0v) is 12.4. The fraction of sp³-hybridized carbons (Fsp3) is 0.467. The maximum absolute atomic E-state index is 12.5. The molecule has 21 heavy (non-hydrogen) atoms. The van der Waals surface area contributed by atoms with E-state index in [-0.39, 0.29) is 17.9 Å². The highest BCUT2D eigenvalue weighted by Gasteiger charge is 2.24. The molecule has 0 aliphatic carbocycles. The molecule has 1 fully saturated rings. The van der Waals surface area contributed by atoms with Crippen LogP contribution in [0.2, 0.25) is 0 Å². The van der Waals surface area contributed by atoms with Crippen LogP contribution in [0, 0.1) is 0 Å². The van der Waals surface area contributed by atoms with Gasteiger partial charge < -0.3 is 20.7 Å². The van der Waals surface area contributed by atoms with E-state index in [1.807, 2.05) is 0 Å². The zero-order valence-electron chi connectivity index (χ0n) is 12.4. The van der Waals surface area contributed by atoms with Crippen molar-refractivity contribution in [3.8, 4) is 5.75 Å². The Hall–Kier alpha value is -2.24. The molecule has 1 aromatic carbocycles. The lowest BCUT2D eigenvalue weighted by Crippen LogP contribution is -2.46. The number of anilines is 1. The van der Waals surface area contributed by atoms with Gasteiger partial charge in [-0.2, -0.15) is 0 Å². The first-order chi connectivity index (χ1) is 9.99. The molecule has 0 atom stereocenters. The maximum Gasteiger partial charge on any atom is 0.254 e. The molecule has 1 aromatic rings. The van der Waals surface area contributed by atoms with Crippen LogP contribution in [0.4, 0.5) is 5.69 Å². The van der Waals surface area contributed by atoms with Crippen LogP contribution >= 0.6 is 0 Å². The van der Waals surface area contributed by atoms with Crippen molar-refractivity contribution >= 4 is 17.5 Å². The van der Waals surface area contributed by atoms with Gasteiger partial charge in [0, 0.05) is 43.4 Å². The molecule has 1 aliphatic heterocycles. The fourth-order valence-corrected chi connectivity index (χ4v) is 2.56. The summed E-state index contributed by atoms with van der Waals surface area (Å²) in [4.78, 5) is 25.3. The summed E-state index contributed by atoms with van der Waals surface area (Å²) >= 11 is 0. The number of piperidine rings is 1. The number of rotatable bonds is 3. The molecule has 0 radical (unpaired) electrons. The van der Waals surface area contributed by atoms with Gasteiger partial charge in [0.15, 0.2) is 0 Å². The molecule has 0 saturated carbocycles. The van der Waals surface area contributed by atoms with Crippen LogP contribution in [0.5, 0.6) is 5.75 Å². The van der Waals surface area contributed by atoms with Crippen LogP contribution in [0.15, 0.2) is 18.2 Å². The van der Waals surface area contributed by atoms with Gasteiger partial charge >= 0.3 is 0 Å². The van der Waals surface area contributed by atoms with Crippen LogP contribution in [-0.4, -0.2) is 43.0 Å². The third-order valence-corrected chi connectivity index (χ3v) is 3.60. The number of benzene rings is 1. The van der Waals surface area contributed by atoms with Crippen molar-refractivity contribution in [3.63, 3.8) is 0 Å². The number of nitrogen functional groups attached to an aromatic ring is 1. The molecule has 0 unspecified atom stereocenters. The summed E-state index contributed by atoms with van der Waals surface area (Å²) < 4.78 is 5.14. The number of carbonyl (C=O) groups is 2. The Kier molecular flexibility index (Phi) is 4.67. The van der Waals surface area contributed by atoms with E-state index in [0.717, 1.165) is 12.8 Å². The molecule has 1 saturated heterocycles. The van der Waals surface area contributed by atoms with Crippen LogP contribution in [0.3, 0.4) is 0 Å². The normalized spacial score (nSPS) is 15.6. The van der Waals surface area contributed by atoms with Gasteiger partial charge in [0.2, 0.25) is 5.91 Å². The van der Waals surface area contributed by atoms with Crippen molar-refractivity contribution in [2.24, 2.45) is 0 Å². The second-order valence-electron chi connectivity index (χ2n) is 5.26. The van der Waals surface area contributed by atoms with Gasteiger partial charge in [-0.25, -0.2) is 0 Å². The Balaban J connectivity index is 2.02. The number of hydrogen-bond donors (Lipinski definition) is 2. The summed E-state index contributed by atoms with van der Waals surface area (Å²) in [5, 5.41) is 2.89. The summed E-state index contributed by atoms with van der Waals surface area (Å²) in [6.45, 7) is 2.76. The molecule has 0 aromatic heterocycles. The molecule has 3 N–H and O–H groups in total. The third-order valence-electron chi connectivity index (χ3n) is 3.60. The van der Waals surface area contributed by atoms with Crippen molar-refractivity contribution in [2.45, 2.75) is 25.8 Å². The van der Waals surface area contributed by atoms with E-state index in [4.69, 9.17) is 10.5 Å². The van der Waals surface area contributed by atoms with Crippen molar-refractivity contribution in [1.82, 2.24) is 10.2 Å². The Morgan fingerprint density at radius 3 is 2.52 bits per heavy atom. The van der Waals surface area contributed by atoms with E-state index >= 15 is 0 Å². The van der Waals surface area contributed by atoms with Crippen molar-refractivity contribution in [1.29, 1.82) is 0 Å². The topological polar surface area (TPSA) is 84.7 Å². The molecule has 2 amide bonds. The Morgan fingerprint density at radius 1 is 1.29 bits per heavy atom. The zero-order chi connectivity index (χ0) is 15.4. The van der Waals surface area contributed by atoms with Gasteiger partial charge in [0.1, 0.15) is 5.75 Å². The van der Waals surface area contributed by atoms with E-state index in [1.54, 1.807) is 30.2 Å². The molecule has 1 heterocycles. The maximum atomic E-state index is 12.5. The van der Waals surface area contributed by atoms with E-state index in [0.29, 0.717) is 30.1 Å². The number of amides is 2. The first-order valence-corrected chi connectivity index (χ1v) is 7.00. The largest absolute Gasteiger partial charge is 0.497 e. The molecular weight excluding hydrogens is 270 g/mol. The molecular formula is C15H21N3O3. The Morgan fingerprint density at radius 2 is 1.95 bits per heavy atom. The standard InChI is InChI=1S/C15H21N3O3/c1-10(19)17-13-3-5-18(6-4-13)15(20)11-7-12(16)9-14(8-11)21-2/h7-9,13H,3-6,16H2,1-2H3,(H,17,19). The highest BCUT2D eigenvalue weighted by Crippen LogP contribution is 2.21. The predicted molar refractivity (Wildman–Crippen MR) is 80.1 cm³/mol. The first kappa shape index (κ1) is 15.2. The van der Waals surface area contributed by atoms with Crippen molar-refractivity contribution in [2.75, 3.05) is 25.9 Å². The number of nitrogens with one attached hydrogen (secondary N) is 1. The highest BCUT2D eigenvalue weighted by atomic mass is 16.5. The van der Waals surface area contributed by atoms with E-state index < -0.39 is 0 Å². The van der Waals surface area contributed by atoms with Crippen molar-refractivity contribution < 1.29 is 14.3 Å². The van der Waals surface area contributed by atoms with E-state index in [9.17, 15) is 9.59 Å². The van der Waals surface area contributed by atoms with Crippen molar-refractivity contribution in [3.05, 3.63) is 23.8 Å². The Bertz CT molecular complexity index is 537. The average Bonchev–Trinajstić information content (AvgIpc) is 2.46. The summed E-state index contributed by atoms with van der Waals surface area (Å²) in [5.74, 6) is 0.494. The van der Waals surface area contributed by atoms with Gasteiger partial charge in [-0.05, 0) is 25.0 Å². The number of nitrogens with two attached hydrogens (primary N) is 1. The monoisotopic (exact) mass is 291 g/mol. The molecule has 6 heteroatoms. The quantitative estimate of drug-likeness (QED) is 0.814. The van der Waals surface area contributed by atoms with Gasteiger partial charge in [-0.3, -0.25) is 9.59 Å². The van der Waals surface area contributed by atoms with Gasteiger partial charge in [0.25, 0.3) is 5.91 Å². The summed E-state index contributed by atoms with van der Waals surface area (Å²) in [5.41, 5.74) is 6.82. The van der Waals surface area contributed by atoms with Gasteiger partial charge in [-0.15, -0.1) is 0 Å². The molecule has 1 aliphatic rings. The lowest BCUT2D eigenvalue weighted by molar-refractivity contribution is -0.119. The number of likely N-dealkylation sites (tertiary alicyclic amines) is 1. The Labute approximate surface area is 124 Å². The minimum atomic E-state index is -0.0538. The number of nitrogens with zero attached hydrogens (tertiary/aromatic N) is 1. The van der Waals surface area contributed by atoms with Crippen LogP contribution in [-0.2, 0) is 4.79 Å². The number of hydrogen-bond acceptors (Lipinski definition) is 4. The van der Waals surface area contributed by atoms with E-state index in [2.05, 4.69) is 5.32 Å². The second-order valence-corrected chi connectivity index (χ2v) is 5.26. The SMILES string of the molecule is COc1cc(N)cc(C(=O)N2CCC(NC(C)=O)CC2)c1. The second kappa shape index (κ2) is 6.47. The molecule has 6 nitrogen and oxygen atoms in total. The van der Waals surface area contributed by atoms with E-state index in [1.165, 1.54) is 6.92 Å². The lowest BCUT2D eigenvalue weighted by atomic mass is 10.0. The number of methoxy groups -OCH3 is 1. The average molecular weight is 291 g/mol. The summed E-state index contributed by atoms with van der Waals surface area (Å²) in [6.07, 6.45) is 1.54. The summed E-state index contributed by atoms with van der Waals surface area (Å²) in [7, 11) is 1.54. The molecule has 0 bridgehead atoms. The van der Waals surface area contributed by atoms with Gasteiger partial charge in [-0.1, -0.05) is 0 Å². The van der Waals surface area contributed by atoms with Crippen LogP contribution < -0.4 is 15.8 Å². The fourth-order valence-electron chi connectivity index (χ4n) is 2.56. The highest BCUT2D eigenvalue weighted by molar-refractivity contribution is 5.95. The minimum Gasteiger partial charge on any atom is -0.497 e.